The van der Waals surface area contributed by atoms with Crippen LogP contribution in [-0.2, 0) is 15.3 Å². The molecule has 2 amide bonds. The van der Waals surface area contributed by atoms with Crippen LogP contribution in [0.5, 0.6) is 5.75 Å². The van der Waals surface area contributed by atoms with Gasteiger partial charge >= 0.3 is 0 Å². The predicted octanol–water partition coefficient (Wildman–Crippen LogP) is 5.51. The minimum atomic E-state index is -0.319. The summed E-state index contributed by atoms with van der Waals surface area (Å²) in [7, 11) is 0. The van der Waals surface area contributed by atoms with Crippen molar-refractivity contribution in [3.8, 4) is 5.75 Å². The first-order chi connectivity index (χ1) is 15.0. The smallest absolute Gasteiger partial charge is 0.272 e. The highest BCUT2D eigenvalue weighted by Crippen LogP contribution is 2.40. The number of imide groups is 1. The van der Waals surface area contributed by atoms with Crippen molar-refractivity contribution in [1.29, 1.82) is 0 Å². The molecule has 1 aromatic heterocycles. The Bertz CT molecular complexity index is 1150. The fourth-order valence-corrected chi connectivity index (χ4v) is 4.61. The van der Waals surface area contributed by atoms with Crippen LogP contribution >= 0.6 is 11.8 Å². The van der Waals surface area contributed by atoms with E-state index in [0.29, 0.717) is 34.3 Å². The van der Waals surface area contributed by atoms with E-state index in [1.54, 1.807) is 30.5 Å². The quantitative estimate of drug-likeness (QED) is 0.460. The Morgan fingerprint density at radius 3 is 2.42 bits per heavy atom. The number of thioether (sulfide) groups is 1. The largest absolute Gasteiger partial charge is 0.494 e. The Balaban J connectivity index is 1.74. The van der Waals surface area contributed by atoms with Gasteiger partial charge in [-0.05, 0) is 68.3 Å². The summed E-state index contributed by atoms with van der Waals surface area (Å²) in [4.78, 5) is 28.6. The van der Waals surface area contributed by atoms with E-state index >= 15 is 0 Å². The highest BCUT2D eigenvalue weighted by molar-refractivity contribution is 8.03. The molecule has 31 heavy (non-hydrogen) atoms. The van der Waals surface area contributed by atoms with Crippen molar-refractivity contribution in [1.82, 2.24) is 0 Å². The van der Waals surface area contributed by atoms with Crippen LogP contribution in [0, 0.1) is 13.8 Å². The average Bonchev–Trinajstić information content (AvgIpc) is 3.34. The lowest BCUT2D eigenvalue weighted by molar-refractivity contribution is -0.119. The molecular formula is C25H23NO4S. The summed E-state index contributed by atoms with van der Waals surface area (Å²) in [5.41, 5.74) is 3.80. The van der Waals surface area contributed by atoms with Gasteiger partial charge < -0.3 is 9.15 Å². The number of aryl methyl sites for hydroxylation is 2. The third-order valence-electron chi connectivity index (χ3n) is 5.04. The molecule has 2 heterocycles. The summed E-state index contributed by atoms with van der Waals surface area (Å²) in [6.45, 7) is 6.42. The number of nitrogens with zero attached hydrogens (tertiary/aromatic N) is 1. The molecule has 5 nitrogen and oxygen atoms in total. The van der Waals surface area contributed by atoms with E-state index in [2.05, 4.69) is 0 Å². The summed E-state index contributed by atoms with van der Waals surface area (Å²) in [5.74, 6) is 1.27. The summed E-state index contributed by atoms with van der Waals surface area (Å²) in [5, 5.41) is 0. The van der Waals surface area contributed by atoms with E-state index in [1.807, 2.05) is 51.1 Å². The number of rotatable bonds is 7. The number of anilines is 1. The SMILES string of the molecule is CCOc1ccc(N2C(=O)C(SCc3ccco3)=C(c3ccc(C)cc3C)C2=O)cc1. The molecule has 3 aromatic rings. The van der Waals surface area contributed by atoms with Crippen LogP contribution < -0.4 is 9.64 Å². The van der Waals surface area contributed by atoms with Gasteiger partial charge in [0.2, 0.25) is 0 Å². The van der Waals surface area contributed by atoms with Gasteiger partial charge in [-0.25, -0.2) is 4.90 Å². The molecule has 1 aliphatic heterocycles. The molecule has 2 aromatic carbocycles. The molecule has 0 N–H and O–H groups in total. The molecule has 0 saturated carbocycles. The molecule has 0 atom stereocenters. The normalized spacial score (nSPS) is 14.0. The second-order valence-corrected chi connectivity index (χ2v) is 8.25. The Morgan fingerprint density at radius 2 is 1.77 bits per heavy atom. The van der Waals surface area contributed by atoms with Gasteiger partial charge in [-0.3, -0.25) is 9.59 Å². The fourth-order valence-electron chi connectivity index (χ4n) is 3.61. The summed E-state index contributed by atoms with van der Waals surface area (Å²) in [6, 6.07) is 16.6. The van der Waals surface area contributed by atoms with Crippen molar-refractivity contribution in [2.45, 2.75) is 26.5 Å². The third kappa shape index (κ3) is 4.16. The molecule has 0 bridgehead atoms. The number of carbonyl (C=O) groups is 2. The molecule has 0 spiro atoms. The Morgan fingerprint density at radius 1 is 1.00 bits per heavy atom. The molecule has 4 rings (SSSR count). The first kappa shape index (κ1) is 21.0. The number of hydrogen-bond acceptors (Lipinski definition) is 5. The van der Waals surface area contributed by atoms with E-state index in [4.69, 9.17) is 9.15 Å². The maximum absolute atomic E-state index is 13.5. The van der Waals surface area contributed by atoms with E-state index < -0.39 is 0 Å². The molecule has 0 aliphatic carbocycles. The van der Waals surface area contributed by atoms with Crippen LogP contribution in [0.25, 0.3) is 5.57 Å². The molecule has 6 heteroatoms. The zero-order chi connectivity index (χ0) is 22.0. The van der Waals surface area contributed by atoms with E-state index in [-0.39, 0.29) is 11.8 Å². The van der Waals surface area contributed by atoms with E-state index in [9.17, 15) is 9.59 Å². The van der Waals surface area contributed by atoms with Crippen molar-refractivity contribution in [2.75, 3.05) is 11.5 Å². The van der Waals surface area contributed by atoms with Gasteiger partial charge in [-0.15, -0.1) is 11.8 Å². The lowest BCUT2D eigenvalue weighted by Gasteiger charge is -2.16. The Labute approximate surface area is 185 Å². The van der Waals surface area contributed by atoms with E-state index in [1.165, 1.54) is 16.7 Å². The fraction of sp³-hybridized carbons (Fsp3) is 0.200. The van der Waals surface area contributed by atoms with Crippen LogP contribution in [0.4, 0.5) is 5.69 Å². The molecule has 0 saturated heterocycles. The minimum absolute atomic E-state index is 0.317. The maximum atomic E-state index is 13.5. The number of benzene rings is 2. The Kier molecular flexibility index (Phi) is 6.00. The monoisotopic (exact) mass is 433 g/mol. The zero-order valence-corrected chi connectivity index (χ0v) is 18.5. The van der Waals surface area contributed by atoms with Crippen LogP contribution in [0.3, 0.4) is 0 Å². The molecule has 1 aliphatic rings. The molecule has 158 valence electrons. The van der Waals surface area contributed by atoms with Crippen LogP contribution in [0.15, 0.2) is 70.2 Å². The van der Waals surface area contributed by atoms with Gasteiger partial charge in [0.05, 0.1) is 34.8 Å². The summed E-state index contributed by atoms with van der Waals surface area (Å²) < 4.78 is 10.9. The maximum Gasteiger partial charge on any atom is 0.272 e. The first-order valence-electron chi connectivity index (χ1n) is 10.1. The van der Waals surface area contributed by atoms with Gasteiger partial charge in [0.1, 0.15) is 11.5 Å². The number of amides is 2. The number of furan rings is 1. The highest BCUT2D eigenvalue weighted by Gasteiger charge is 2.40. The summed E-state index contributed by atoms with van der Waals surface area (Å²) >= 11 is 1.33. The topological polar surface area (TPSA) is 59.8 Å². The second-order valence-electron chi connectivity index (χ2n) is 7.26. The standard InChI is InChI=1S/C25H23NO4S/c1-4-29-19-10-8-18(9-11-19)26-24(27)22(21-12-7-16(2)14-17(21)3)23(25(26)28)31-15-20-6-5-13-30-20/h5-14H,4,15H2,1-3H3. The highest BCUT2D eigenvalue weighted by atomic mass is 32.2. The van der Waals surface area contributed by atoms with Gasteiger partial charge in [-0.1, -0.05) is 23.8 Å². The number of hydrogen-bond donors (Lipinski definition) is 0. The van der Waals surface area contributed by atoms with Crippen molar-refractivity contribution in [3.05, 3.63) is 88.2 Å². The van der Waals surface area contributed by atoms with Crippen LogP contribution in [0.1, 0.15) is 29.4 Å². The van der Waals surface area contributed by atoms with Gasteiger partial charge in [0.15, 0.2) is 0 Å². The van der Waals surface area contributed by atoms with Gasteiger partial charge in [0, 0.05) is 0 Å². The van der Waals surface area contributed by atoms with Gasteiger partial charge in [-0.2, -0.15) is 0 Å². The minimum Gasteiger partial charge on any atom is -0.494 e. The lowest BCUT2D eigenvalue weighted by Crippen LogP contribution is -2.31. The van der Waals surface area contributed by atoms with Crippen LogP contribution in [0.2, 0.25) is 0 Å². The number of ether oxygens (including phenoxy) is 1. The van der Waals surface area contributed by atoms with Crippen LogP contribution in [-0.4, -0.2) is 18.4 Å². The van der Waals surface area contributed by atoms with Gasteiger partial charge in [0.25, 0.3) is 11.8 Å². The van der Waals surface area contributed by atoms with Crippen molar-refractivity contribution in [2.24, 2.45) is 0 Å². The number of carbonyl (C=O) groups excluding carboxylic acids is 2. The van der Waals surface area contributed by atoms with Crippen molar-refractivity contribution < 1.29 is 18.7 Å². The average molecular weight is 434 g/mol. The Hall–Kier alpha value is -3.25. The predicted molar refractivity (Wildman–Crippen MR) is 123 cm³/mol. The van der Waals surface area contributed by atoms with Crippen molar-refractivity contribution >= 4 is 34.8 Å². The van der Waals surface area contributed by atoms with E-state index in [0.717, 1.165) is 22.5 Å². The third-order valence-corrected chi connectivity index (χ3v) is 6.13. The molecule has 0 unspecified atom stereocenters. The summed E-state index contributed by atoms with van der Waals surface area (Å²) in [6.07, 6.45) is 1.60. The van der Waals surface area contributed by atoms with Crippen molar-refractivity contribution in [3.63, 3.8) is 0 Å². The first-order valence-corrected chi connectivity index (χ1v) is 11.1. The molecule has 0 fully saturated rings. The molecule has 0 radical (unpaired) electrons. The zero-order valence-electron chi connectivity index (χ0n) is 17.7. The lowest BCUT2D eigenvalue weighted by atomic mass is 9.99. The molecular weight excluding hydrogens is 410 g/mol. The second kappa shape index (κ2) is 8.86.